The Hall–Kier alpha value is -0.770. The van der Waals surface area contributed by atoms with Crippen LogP contribution in [0, 0.1) is 6.92 Å². The number of halogens is 2. The first kappa shape index (κ1) is 16.3. The lowest BCUT2D eigenvalue weighted by molar-refractivity contribution is 0.0920. The maximum absolute atomic E-state index is 12.2. The molecule has 2 atom stereocenters. The van der Waals surface area contributed by atoms with Gasteiger partial charge in [0, 0.05) is 12.1 Å². The molecule has 1 heterocycles. The molecule has 1 aromatic rings. The lowest BCUT2D eigenvalue weighted by Crippen LogP contribution is -2.51. The van der Waals surface area contributed by atoms with Crippen molar-refractivity contribution in [1.82, 2.24) is 10.6 Å². The monoisotopic (exact) mass is 302 g/mol. The number of benzene rings is 1. The van der Waals surface area contributed by atoms with Crippen LogP contribution in [0.1, 0.15) is 35.7 Å². The third-order valence-corrected chi connectivity index (χ3v) is 4.02. The van der Waals surface area contributed by atoms with E-state index in [4.69, 9.17) is 11.6 Å². The van der Waals surface area contributed by atoms with E-state index in [2.05, 4.69) is 17.6 Å². The van der Waals surface area contributed by atoms with Gasteiger partial charge in [-0.05, 0) is 44.9 Å². The molecule has 0 saturated carbocycles. The molecule has 5 heteroatoms. The summed E-state index contributed by atoms with van der Waals surface area (Å²) in [6.45, 7) is 5.03. The molecular formula is C14H20Cl2N2O. The molecule has 0 spiro atoms. The van der Waals surface area contributed by atoms with Crippen molar-refractivity contribution < 1.29 is 4.79 Å². The number of hydrogen-bond acceptors (Lipinski definition) is 2. The number of carbonyl (C=O) groups is 1. The lowest BCUT2D eigenvalue weighted by atomic mass is 9.99. The average Bonchev–Trinajstić information content (AvgIpc) is 2.35. The molecule has 0 aliphatic carbocycles. The number of nitrogens with one attached hydrogen (secondary N) is 2. The molecule has 1 aromatic carbocycles. The van der Waals surface area contributed by atoms with Crippen LogP contribution >= 0.6 is 24.0 Å². The maximum atomic E-state index is 12.2. The Morgan fingerprint density at radius 2 is 2.21 bits per heavy atom. The predicted molar refractivity (Wildman–Crippen MR) is 81.4 cm³/mol. The number of piperidine rings is 1. The first-order valence-corrected chi connectivity index (χ1v) is 6.76. The summed E-state index contributed by atoms with van der Waals surface area (Å²) in [5.74, 6) is -0.0794. The van der Waals surface area contributed by atoms with E-state index >= 15 is 0 Å². The summed E-state index contributed by atoms with van der Waals surface area (Å²) in [4.78, 5) is 12.2. The predicted octanol–water partition coefficient (Wildman–Crippen LogP) is 2.94. The smallest absolute Gasteiger partial charge is 0.253 e. The first-order chi connectivity index (χ1) is 8.59. The van der Waals surface area contributed by atoms with E-state index in [0.717, 1.165) is 24.9 Å². The van der Waals surface area contributed by atoms with E-state index in [9.17, 15) is 4.79 Å². The van der Waals surface area contributed by atoms with Crippen molar-refractivity contribution in [3.05, 3.63) is 34.3 Å². The highest BCUT2D eigenvalue weighted by Gasteiger charge is 2.23. The van der Waals surface area contributed by atoms with Crippen LogP contribution in [0.4, 0.5) is 0 Å². The topological polar surface area (TPSA) is 41.1 Å². The van der Waals surface area contributed by atoms with Crippen LogP contribution in [-0.4, -0.2) is 24.5 Å². The van der Waals surface area contributed by atoms with E-state index < -0.39 is 0 Å². The number of carbonyl (C=O) groups excluding carboxylic acids is 1. The van der Waals surface area contributed by atoms with Gasteiger partial charge in [-0.3, -0.25) is 4.79 Å². The largest absolute Gasteiger partial charge is 0.348 e. The summed E-state index contributed by atoms with van der Waals surface area (Å²) in [6.07, 6.45) is 2.11. The molecule has 2 unspecified atom stereocenters. The highest BCUT2D eigenvalue weighted by molar-refractivity contribution is 6.34. The minimum absolute atomic E-state index is 0. The van der Waals surface area contributed by atoms with Crippen LogP contribution in [0.2, 0.25) is 5.02 Å². The van der Waals surface area contributed by atoms with Crippen LogP contribution in [0.15, 0.2) is 18.2 Å². The summed E-state index contributed by atoms with van der Waals surface area (Å²) >= 11 is 6.17. The molecule has 3 nitrogen and oxygen atoms in total. The Morgan fingerprint density at radius 1 is 1.47 bits per heavy atom. The van der Waals surface area contributed by atoms with Crippen molar-refractivity contribution in [3.63, 3.8) is 0 Å². The van der Waals surface area contributed by atoms with Crippen molar-refractivity contribution in [1.29, 1.82) is 0 Å². The van der Waals surface area contributed by atoms with Gasteiger partial charge in [-0.1, -0.05) is 23.7 Å². The highest BCUT2D eigenvalue weighted by atomic mass is 35.5. The van der Waals surface area contributed by atoms with Gasteiger partial charge in [0.25, 0.3) is 5.91 Å². The van der Waals surface area contributed by atoms with E-state index in [1.165, 1.54) is 0 Å². The summed E-state index contributed by atoms with van der Waals surface area (Å²) < 4.78 is 0. The Balaban J connectivity index is 0.00000180. The van der Waals surface area contributed by atoms with E-state index in [1.54, 1.807) is 6.07 Å². The molecule has 1 saturated heterocycles. The van der Waals surface area contributed by atoms with E-state index in [0.29, 0.717) is 16.6 Å². The second-order valence-corrected chi connectivity index (χ2v) is 5.28. The van der Waals surface area contributed by atoms with Crippen molar-refractivity contribution in [2.45, 2.75) is 38.8 Å². The normalized spacial score (nSPS) is 22.5. The van der Waals surface area contributed by atoms with E-state index in [-0.39, 0.29) is 24.4 Å². The first-order valence-electron chi connectivity index (χ1n) is 6.39. The standard InChI is InChI=1S/C14H19ClN2O.ClH/c1-9-5-3-6-11(13(9)15)14(18)17-12-7-4-8-16-10(12)2;/h3,5-6,10,12,16H,4,7-8H2,1-2H3,(H,17,18);1H. The Bertz CT molecular complexity index is 451. The van der Waals surface area contributed by atoms with Gasteiger partial charge in [0.15, 0.2) is 0 Å². The quantitative estimate of drug-likeness (QED) is 0.882. The molecule has 106 valence electrons. The number of aryl methyl sites for hydroxylation is 1. The third-order valence-electron chi connectivity index (χ3n) is 3.51. The molecule has 2 N–H and O–H groups in total. The van der Waals surface area contributed by atoms with Crippen LogP contribution in [0.5, 0.6) is 0 Å². The Kier molecular flexibility index (Phi) is 6.11. The molecule has 1 aliphatic heterocycles. The summed E-state index contributed by atoms with van der Waals surface area (Å²) in [5, 5.41) is 6.98. The molecular weight excluding hydrogens is 283 g/mol. The SMILES string of the molecule is Cc1cccc(C(=O)NC2CCCNC2C)c1Cl.Cl. The van der Waals surface area contributed by atoms with Crippen LogP contribution < -0.4 is 10.6 Å². The zero-order valence-electron chi connectivity index (χ0n) is 11.2. The van der Waals surface area contributed by atoms with Gasteiger partial charge in [-0.15, -0.1) is 12.4 Å². The fraction of sp³-hybridized carbons (Fsp3) is 0.500. The highest BCUT2D eigenvalue weighted by Crippen LogP contribution is 2.20. The minimum Gasteiger partial charge on any atom is -0.348 e. The fourth-order valence-corrected chi connectivity index (χ4v) is 2.52. The Labute approximate surface area is 125 Å². The Morgan fingerprint density at radius 3 is 2.89 bits per heavy atom. The molecule has 0 radical (unpaired) electrons. The zero-order valence-corrected chi connectivity index (χ0v) is 12.8. The van der Waals surface area contributed by atoms with Gasteiger partial charge >= 0.3 is 0 Å². The average molecular weight is 303 g/mol. The van der Waals surface area contributed by atoms with Gasteiger partial charge in [0.05, 0.1) is 10.6 Å². The van der Waals surface area contributed by atoms with Crippen LogP contribution in [-0.2, 0) is 0 Å². The van der Waals surface area contributed by atoms with Crippen LogP contribution in [0.25, 0.3) is 0 Å². The van der Waals surface area contributed by atoms with Gasteiger partial charge in [0.2, 0.25) is 0 Å². The van der Waals surface area contributed by atoms with Crippen molar-refractivity contribution in [2.24, 2.45) is 0 Å². The lowest BCUT2D eigenvalue weighted by Gasteiger charge is -2.30. The molecule has 2 rings (SSSR count). The number of rotatable bonds is 2. The number of amides is 1. The summed E-state index contributed by atoms with van der Waals surface area (Å²) in [5.41, 5.74) is 1.49. The molecule has 1 fully saturated rings. The summed E-state index contributed by atoms with van der Waals surface area (Å²) in [6, 6.07) is 6.03. The van der Waals surface area contributed by atoms with Crippen molar-refractivity contribution in [3.8, 4) is 0 Å². The summed E-state index contributed by atoms with van der Waals surface area (Å²) in [7, 11) is 0. The second-order valence-electron chi connectivity index (χ2n) is 4.90. The molecule has 1 amide bonds. The number of hydrogen-bond donors (Lipinski definition) is 2. The molecule has 0 aromatic heterocycles. The van der Waals surface area contributed by atoms with E-state index in [1.807, 2.05) is 19.1 Å². The zero-order chi connectivity index (χ0) is 13.1. The van der Waals surface area contributed by atoms with Gasteiger partial charge in [-0.2, -0.15) is 0 Å². The van der Waals surface area contributed by atoms with Gasteiger partial charge in [-0.25, -0.2) is 0 Å². The van der Waals surface area contributed by atoms with Crippen LogP contribution in [0.3, 0.4) is 0 Å². The van der Waals surface area contributed by atoms with Crippen molar-refractivity contribution >= 4 is 29.9 Å². The third kappa shape index (κ3) is 3.85. The van der Waals surface area contributed by atoms with Gasteiger partial charge < -0.3 is 10.6 Å². The molecule has 1 aliphatic rings. The maximum Gasteiger partial charge on any atom is 0.253 e. The molecule has 0 bridgehead atoms. The fourth-order valence-electron chi connectivity index (χ4n) is 2.31. The van der Waals surface area contributed by atoms with Gasteiger partial charge in [0.1, 0.15) is 0 Å². The minimum atomic E-state index is -0.0794. The van der Waals surface area contributed by atoms with Crippen molar-refractivity contribution in [2.75, 3.05) is 6.54 Å². The second kappa shape index (κ2) is 7.13. The molecule has 19 heavy (non-hydrogen) atoms.